The number of benzene rings is 3. The van der Waals surface area contributed by atoms with Crippen LogP contribution in [0.2, 0.25) is 5.02 Å². The molecule has 2 heterocycles. The predicted octanol–water partition coefficient (Wildman–Crippen LogP) is 4.54. The number of amides is 2. The van der Waals surface area contributed by atoms with Gasteiger partial charge in [-0.05, 0) is 36.4 Å². The van der Waals surface area contributed by atoms with Crippen molar-refractivity contribution in [3.8, 4) is 5.75 Å². The van der Waals surface area contributed by atoms with Gasteiger partial charge < -0.3 is 4.74 Å². The van der Waals surface area contributed by atoms with Gasteiger partial charge in [0.1, 0.15) is 23.5 Å². The summed E-state index contributed by atoms with van der Waals surface area (Å²) in [5, 5.41) is 1.57. The zero-order valence-corrected chi connectivity index (χ0v) is 17.7. The Morgan fingerprint density at radius 1 is 0.938 bits per heavy atom. The Hall–Kier alpha value is -3.42. The largest absolute Gasteiger partial charge is 0.497 e. The average molecular weight is 453 g/mol. The minimum Gasteiger partial charge on any atom is -0.497 e. The van der Waals surface area contributed by atoms with E-state index in [2.05, 4.69) is 0 Å². The number of methoxy groups -OCH3 is 1. The van der Waals surface area contributed by atoms with Crippen LogP contribution in [-0.2, 0) is 14.4 Å². The second-order valence-corrected chi connectivity index (χ2v) is 7.91. The first-order valence-electron chi connectivity index (χ1n) is 9.98. The Kier molecular flexibility index (Phi) is 5.07. The fraction of sp³-hybridized carbons (Fsp3) is 0.167. The van der Waals surface area contributed by atoms with Crippen LogP contribution in [0, 0.1) is 11.7 Å². The summed E-state index contributed by atoms with van der Waals surface area (Å²) in [4.78, 5) is 34.0. The number of imide groups is 1. The molecule has 3 aromatic rings. The standard InChI is InChI=1S/C24H18ClFN2O4/c1-31-16-10-5-9-15(13-16)27-23(29)20-21(19-17(25)11-6-12-18(19)26)28(32-22(20)24(27)30)14-7-3-2-4-8-14/h2-13,20-22H,1H3. The summed E-state index contributed by atoms with van der Waals surface area (Å²) in [5.41, 5.74) is 1.06. The molecule has 0 radical (unpaired) electrons. The van der Waals surface area contributed by atoms with Crippen molar-refractivity contribution in [3.63, 3.8) is 0 Å². The van der Waals surface area contributed by atoms with Crippen molar-refractivity contribution in [2.24, 2.45) is 5.92 Å². The second-order valence-electron chi connectivity index (χ2n) is 7.51. The minimum absolute atomic E-state index is 0.110. The van der Waals surface area contributed by atoms with Gasteiger partial charge in [0.25, 0.3) is 5.91 Å². The normalized spacial score (nSPS) is 22.4. The molecular weight excluding hydrogens is 435 g/mol. The van der Waals surface area contributed by atoms with Crippen molar-refractivity contribution in [1.82, 2.24) is 0 Å². The second kappa shape index (κ2) is 7.93. The molecule has 0 aliphatic carbocycles. The van der Waals surface area contributed by atoms with E-state index in [1.165, 1.54) is 24.3 Å². The number of anilines is 2. The van der Waals surface area contributed by atoms with Crippen molar-refractivity contribution in [2.45, 2.75) is 12.1 Å². The van der Waals surface area contributed by atoms with Gasteiger partial charge in [-0.15, -0.1) is 0 Å². The molecule has 3 unspecified atom stereocenters. The van der Waals surface area contributed by atoms with Crippen LogP contribution in [0.5, 0.6) is 5.75 Å². The van der Waals surface area contributed by atoms with E-state index < -0.39 is 35.7 Å². The minimum atomic E-state index is -1.12. The average Bonchev–Trinajstić information content (AvgIpc) is 3.30. The molecule has 0 bridgehead atoms. The third-order valence-corrected chi connectivity index (χ3v) is 6.06. The van der Waals surface area contributed by atoms with Gasteiger partial charge in [-0.3, -0.25) is 14.4 Å². The highest BCUT2D eigenvalue weighted by Crippen LogP contribution is 2.49. The lowest BCUT2D eigenvalue weighted by Gasteiger charge is -2.29. The number of ether oxygens (including phenoxy) is 1. The first kappa shape index (κ1) is 20.5. The van der Waals surface area contributed by atoms with Crippen molar-refractivity contribution in [2.75, 3.05) is 17.1 Å². The molecule has 3 atom stereocenters. The molecule has 5 rings (SSSR count). The molecule has 2 amide bonds. The topological polar surface area (TPSA) is 59.1 Å². The lowest BCUT2D eigenvalue weighted by molar-refractivity contribution is -0.126. The Labute approximate surface area is 188 Å². The first-order valence-corrected chi connectivity index (χ1v) is 10.4. The van der Waals surface area contributed by atoms with Crippen molar-refractivity contribution in [1.29, 1.82) is 0 Å². The summed E-state index contributed by atoms with van der Waals surface area (Å²) in [6, 6.07) is 19.0. The van der Waals surface area contributed by atoms with Gasteiger partial charge in [0.2, 0.25) is 5.91 Å². The Morgan fingerprint density at radius 2 is 1.66 bits per heavy atom. The Balaban J connectivity index is 1.62. The zero-order valence-electron chi connectivity index (χ0n) is 16.9. The van der Waals surface area contributed by atoms with E-state index in [9.17, 15) is 14.0 Å². The number of halogens is 2. The van der Waals surface area contributed by atoms with E-state index >= 15 is 0 Å². The number of fused-ring (bicyclic) bond motifs is 1. The predicted molar refractivity (Wildman–Crippen MR) is 117 cm³/mol. The molecule has 0 N–H and O–H groups in total. The Bertz CT molecular complexity index is 1190. The van der Waals surface area contributed by atoms with E-state index in [0.717, 1.165) is 4.90 Å². The van der Waals surface area contributed by atoms with E-state index in [1.54, 1.807) is 54.6 Å². The molecule has 0 spiro atoms. The number of carbonyl (C=O) groups is 2. The number of hydrogen-bond donors (Lipinski definition) is 0. The van der Waals surface area contributed by atoms with E-state index in [4.69, 9.17) is 21.2 Å². The number of carbonyl (C=O) groups excluding carboxylic acids is 2. The molecule has 32 heavy (non-hydrogen) atoms. The van der Waals surface area contributed by atoms with Crippen LogP contribution >= 0.6 is 11.6 Å². The quantitative estimate of drug-likeness (QED) is 0.544. The van der Waals surface area contributed by atoms with Crippen LogP contribution in [0.1, 0.15) is 11.6 Å². The molecule has 2 fully saturated rings. The molecule has 2 saturated heterocycles. The summed E-state index contributed by atoms with van der Waals surface area (Å²) < 4.78 is 20.2. The highest BCUT2D eigenvalue weighted by Gasteiger charge is 2.61. The molecule has 0 saturated carbocycles. The van der Waals surface area contributed by atoms with Crippen LogP contribution in [0.25, 0.3) is 0 Å². The number of para-hydroxylation sites is 1. The molecule has 8 heteroatoms. The van der Waals surface area contributed by atoms with Gasteiger partial charge in [0, 0.05) is 16.7 Å². The molecule has 2 aliphatic heterocycles. The van der Waals surface area contributed by atoms with Crippen molar-refractivity contribution < 1.29 is 23.6 Å². The first-order chi connectivity index (χ1) is 15.5. The van der Waals surface area contributed by atoms with Crippen LogP contribution in [0.15, 0.2) is 72.8 Å². The maximum atomic E-state index is 15.0. The third kappa shape index (κ3) is 3.13. The van der Waals surface area contributed by atoms with Crippen LogP contribution in [-0.4, -0.2) is 25.0 Å². The summed E-state index contributed by atoms with van der Waals surface area (Å²) >= 11 is 6.38. The monoisotopic (exact) mass is 452 g/mol. The fourth-order valence-corrected chi connectivity index (χ4v) is 4.58. The number of nitrogens with zero attached hydrogens (tertiary/aromatic N) is 2. The van der Waals surface area contributed by atoms with Gasteiger partial charge in [-0.2, -0.15) is 0 Å². The highest BCUT2D eigenvalue weighted by molar-refractivity contribution is 6.31. The molecule has 3 aromatic carbocycles. The van der Waals surface area contributed by atoms with Crippen molar-refractivity contribution >= 4 is 34.8 Å². The maximum Gasteiger partial charge on any atom is 0.266 e. The Morgan fingerprint density at radius 3 is 2.38 bits per heavy atom. The molecule has 162 valence electrons. The van der Waals surface area contributed by atoms with Gasteiger partial charge >= 0.3 is 0 Å². The lowest BCUT2D eigenvalue weighted by atomic mass is 9.90. The number of rotatable bonds is 4. The summed E-state index contributed by atoms with van der Waals surface area (Å²) in [5.74, 6) is -2.07. The van der Waals surface area contributed by atoms with Crippen LogP contribution in [0.4, 0.5) is 15.8 Å². The SMILES string of the molecule is COc1cccc(N2C(=O)C3ON(c4ccccc4)C(c4c(F)cccc4Cl)C3C2=O)c1. The summed E-state index contributed by atoms with van der Waals surface area (Å²) in [6.45, 7) is 0. The molecule has 6 nitrogen and oxygen atoms in total. The third-order valence-electron chi connectivity index (χ3n) is 5.73. The number of hydroxylamine groups is 1. The summed E-state index contributed by atoms with van der Waals surface area (Å²) in [7, 11) is 1.50. The summed E-state index contributed by atoms with van der Waals surface area (Å²) in [6.07, 6.45) is -1.12. The van der Waals surface area contributed by atoms with Crippen molar-refractivity contribution in [3.05, 3.63) is 89.2 Å². The van der Waals surface area contributed by atoms with Gasteiger partial charge in [0.05, 0.1) is 18.5 Å². The van der Waals surface area contributed by atoms with Gasteiger partial charge in [-0.1, -0.05) is 41.9 Å². The van der Waals surface area contributed by atoms with Gasteiger partial charge in [0.15, 0.2) is 6.10 Å². The number of hydrogen-bond acceptors (Lipinski definition) is 5. The van der Waals surface area contributed by atoms with Crippen LogP contribution in [0.3, 0.4) is 0 Å². The fourth-order valence-electron chi connectivity index (χ4n) is 4.30. The lowest BCUT2D eigenvalue weighted by Crippen LogP contribution is -2.37. The van der Waals surface area contributed by atoms with Gasteiger partial charge in [-0.25, -0.2) is 14.4 Å². The highest BCUT2D eigenvalue weighted by atomic mass is 35.5. The smallest absolute Gasteiger partial charge is 0.266 e. The van der Waals surface area contributed by atoms with Crippen LogP contribution < -0.4 is 14.7 Å². The zero-order chi connectivity index (χ0) is 22.4. The molecule has 0 aromatic heterocycles. The molecular formula is C24H18ClFN2O4. The maximum absolute atomic E-state index is 15.0. The van der Waals surface area contributed by atoms with E-state index in [1.807, 2.05) is 6.07 Å². The molecule has 2 aliphatic rings. The van der Waals surface area contributed by atoms with E-state index in [0.29, 0.717) is 17.1 Å². The van der Waals surface area contributed by atoms with E-state index in [-0.39, 0.29) is 10.6 Å².